The molecule has 4 nitrogen and oxygen atoms in total. The Hall–Kier alpha value is -2.01. The van der Waals surface area contributed by atoms with E-state index in [1.165, 1.54) is 10.4 Å². The first-order chi connectivity index (χ1) is 9.06. The molecular weight excluding hydrogens is 256 g/mol. The molecule has 3 aromatic heterocycles. The summed E-state index contributed by atoms with van der Waals surface area (Å²) in [6, 6.07) is 5.80. The molecule has 3 rings (SSSR count). The molecule has 19 heavy (non-hydrogen) atoms. The molecule has 0 radical (unpaired) electrons. The number of nitrogen functional groups attached to an aromatic ring is 1. The van der Waals surface area contributed by atoms with Crippen molar-refractivity contribution in [2.75, 3.05) is 5.73 Å². The maximum Gasteiger partial charge on any atom is 0.181 e. The average Bonchev–Trinajstić information content (AvgIpc) is 2.65. The lowest BCUT2D eigenvalue weighted by Gasteiger charge is -2.03. The molecule has 0 atom stereocenters. The highest BCUT2D eigenvalue weighted by molar-refractivity contribution is 7.18. The Morgan fingerprint density at radius 1 is 1.05 bits per heavy atom. The fourth-order valence-electron chi connectivity index (χ4n) is 2.06. The second kappa shape index (κ2) is 4.28. The molecule has 0 aromatic carbocycles. The standard InChI is InChI=1S/C14H14N4S/c1-7-5-4-6-10(16-7)13-17-12(15)11-8(2)9(3)19-14(11)18-13/h4-6H,1-3H3,(H2,15,17,18). The number of aryl methyl sites for hydroxylation is 3. The third-order valence-electron chi connectivity index (χ3n) is 3.17. The fraction of sp³-hybridized carbons (Fsp3) is 0.214. The van der Waals surface area contributed by atoms with Crippen LogP contribution in [0, 0.1) is 20.8 Å². The number of nitrogens with two attached hydrogens (primary N) is 1. The van der Waals surface area contributed by atoms with Gasteiger partial charge in [-0.05, 0) is 38.5 Å². The second-order valence-corrected chi connectivity index (χ2v) is 5.76. The molecule has 0 saturated carbocycles. The third-order valence-corrected chi connectivity index (χ3v) is 4.28. The van der Waals surface area contributed by atoms with Gasteiger partial charge in [0.05, 0.1) is 5.39 Å². The molecule has 2 N–H and O–H groups in total. The van der Waals surface area contributed by atoms with Crippen LogP contribution in [-0.4, -0.2) is 15.0 Å². The fourth-order valence-corrected chi connectivity index (χ4v) is 3.10. The van der Waals surface area contributed by atoms with Crippen molar-refractivity contribution >= 4 is 27.4 Å². The van der Waals surface area contributed by atoms with Crippen molar-refractivity contribution in [3.05, 3.63) is 34.3 Å². The minimum Gasteiger partial charge on any atom is -0.383 e. The van der Waals surface area contributed by atoms with E-state index in [4.69, 9.17) is 5.73 Å². The van der Waals surface area contributed by atoms with E-state index >= 15 is 0 Å². The van der Waals surface area contributed by atoms with E-state index < -0.39 is 0 Å². The van der Waals surface area contributed by atoms with E-state index in [1.54, 1.807) is 11.3 Å². The van der Waals surface area contributed by atoms with Crippen LogP contribution < -0.4 is 5.73 Å². The van der Waals surface area contributed by atoms with Gasteiger partial charge in [0.1, 0.15) is 16.3 Å². The highest BCUT2D eigenvalue weighted by atomic mass is 32.1. The van der Waals surface area contributed by atoms with Gasteiger partial charge in [-0.3, -0.25) is 0 Å². The number of rotatable bonds is 1. The second-order valence-electron chi connectivity index (χ2n) is 4.56. The topological polar surface area (TPSA) is 64.7 Å². The number of fused-ring (bicyclic) bond motifs is 1. The highest BCUT2D eigenvalue weighted by Crippen LogP contribution is 2.33. The lowest BCUT2D eigenvalue weighted by Crippen LogP contribution is -1.98. The number of pyridine rings is 1. The first-order valence-corrected chi connectivity index (χ1v) is 6.85. The van der Waals surface area contributed by atoms with Gasteiger partial charge < -0.3 is 5.73 Å². The molecule has 3 aromatic rings. The van der Waals surface area contributed by atoms with Crippen molar-refractivity contribution in [1.29, 1.82) is 0 Å². The van der Waals surface area contributed by atoms with Crippen LogP contribution in [0.3, 0.4) is 0 Å². The van der Waals surface area contributed by atoms with E-state index in [9.17, 15) is 0 Å². The molecule has 0 fully saturated rings. The van der Waals surface area contributed by atoms with Crippen molar-refractivity contribution < 1.29 is 0 Å². The summed E-state index contributed by atoms with van der Waals surface area (Å²) in [7, 11) is 0. The van der Waals surface area contributed by atoms with Crippen LogP contribution in [-0.2, 0) is 0 Å². The van der Waals surface area contributed by atoms with E-state index in [-0.39, 0.29) is 0 Å². The van der Waals surface area contributed by atoms with Crippen LogP contribution in [0.25, 0.3) is 21.7 Å². The number of hydrogen-bond donors (Lipinski definition) is 1. The predicted molar refractivity (Wildman–Crippen MR) is 79.3 cm³/mol. The van der Waals surface area contributed by atoms with Gasteiger partial charge in [0.2, 0.25) is 0 Å². The Kier molecular flexibility index (Phi) is 2.71. The monoisotopic (exact) mass is 270 g/mol. The number of nitrogens with zero attached hydrogens (tertiary/aromatic N) is 3. The lowest BCUT2D eigenvalue weighted by atomic mass is 10.2. The van der Waals surface area contributed by atoms with Crippen LogP contribution in [0.5, 0.6) is 0 Å². The van der Waals surface area contributed by atoms with Crippen LogP contribution in [0.2, 0.25) is 0 Å². The number of hydrogen-bond acceptors (Lipinski definition) is 5. The summed E-state index contributed by atoms with van der Waals surface area (Å²) in [5, 5.41) is 0.971. The van der Waals surface area contributed by atoms with Gasteiger partial charge in [0.25, 0.3) is 0 Å². The van der Waals surface area contributed by atoms with Crippen molar-refractivity contribution in [2.24, 2.45) is 0 Å². The highest BCUT2D eigenvalue weighted by Gasteiger charge is 2.14. The van der Waals surface area contributed by atoms with E-state index in [0.717, 1.165) is 21.6 Å². The van der Waals surface area contributed by atoms with Crippen LogP contribution in [0.15, 0.2) is 18.2 Å². The number of anilines is 1. The number of thiophene rings is 1. The molecule has 0 aliphatic carbocycles. The molecule has 0 unspecified atom stereocenters. The SMILES string of the molecule is Cc1cccc(-c2nc(N)c3c(C)c(C)sc3n2)n1. The van der Waals surface area contributed by atoms with Gasteiger partial charge in [-0.25, -0.2) is 15.0 Å². The van der Waals surface area contributed by atoms with E-state index in [2.05, 4.69) is 28.8 Å². The molecule has 0 aliphatic rings. The zero-order chi connectivity index (χ0) is 13.6. The van der Waals surface area contributed by atoms with Gasteiger partial charge >= 0.3 is 0 Å². The molecule has 3 heterocycles. The third kappa shape index (κ3) is 1.96. The lowest BCUT2D eigenvalue weighted by molar-refractivity contribution is 1.14. The van der Waals surface area contributed by atoms with Crippen LogP contribution in [0.1, 0.15) is 16.1 Å². The van der Waals surface area contributed by atoms with Gasteiger partial charge in [0, 0.05) is 10.6 Å². The Labute approximate surface area is 115 Å². The van der Waals surface area contributed by atoms with Crippen molar-refractivity contribution in [3.8, 4) is 11.5 Å². The minimum absolute atomic E-state index is 0.533. The van der Waals surface area contributed by atoms with Gasteiger partial charge in [-0.1, -0.05) is 6.07 Å². The molecule has 5 heteroatoms. The van der Waals surface area contributed by atoms with Crippen molar-refractivity contribution in [3.63, 3.8) is 0 Å². The smallest absolute Gasteiger partial charge is 0.181 e. The minimum atomic E-state index is 0.533. The van der Waals surface area contributed by atoms with Crippen LogP contribution >= 0.6 is 11.3 Å². The summed E-state index contributed by atoms with van der Waals surface area (Å²) >= 11 is 1.65. The Morgan fingerprint density at radius 3 is 2.58 bits per heavy atom. The summed E-state index contributed by atoms with van der Waals surface area (Å²) in [5.41, 5.74) is 8.95. The predicted octanol–water partition coefficient (Wildman–Crippen LogP) is 3.26. The summed E-state index contributed by atoms with van der Waals surface area (Å²) in [4.78, 5) is 15.6. The first kappa shape index (κ1) is 12.0. The van der Waals surface area contributed by atoms with Gasteiger partial charge in [-0.15, -0.1) is 11.3 Å². The molecule has 0 saturated heterocycles. The Bertz CT molecular complexity index is 776. The van der Waals surface area contributed by atoms with Crippen LogP contribution in [0.4, 0.5) is 5.82 Å². The van der Waals surface area contributed by atoms with E-state index in [1.807, 2.05) is 25.1 Å². The molecule has 0 spiro atoms. The summed E-state index contributed by atoms with van der Waals surface area (Å²) in [6.07, 6.45) is 0. The Morgan fingerprint density at radius 2 is 1.84 bits per heavy atom. The molecule has 0 aliphatic heterocycles. The Balaban J connectivity index is 2.27. The molecule has 96 valence electrons. The number of aromatic nitrogens is 3. The summed E-state index contributed by atoms with van der Waals surface area (Å²) in [5.74, 6) is 1.13. The summed E-state index contributed by atoms with van der Waals surface area (Å²) < 4.78 is 0. The normalized spacial score (nSPS) is 11.1. The van der Waals surface area contributed by atoms with E-state index in [0.29, 0.717) is 11.6 Å². The van der Waals surface area contributed by atoms with Crippen molar-refractivity contribution in [2.45, 2.75) is 20.8 Å². The van der Waals surface area contributed by atoms with Gasteiger partial charge in [0.15, 0.2) is 5.82 Å². The van der Waals surface area contributed by atoms with Crippen molar-refractivity contribution in [1.82, 2.24) is 15.0 Å². The molecule has 0 amide bonds. The van der Waals surface area contributed by atoms with Gasteiger partial charge in [-0.2, -0.15) is 0 Å². The average molecular weight is 270 g/mol. The first-order valence-electron chi connectivity index (χ1n) is 6.03. The zero-order valence-corrected chi connectivity index (χ0v) is 11.9. The zero-order valence-electron chi connectivity index (χ0n) is 11.1. The maximum absolute atomic E-state index is 6.07. The quantitative estimate of drug-likeness (QED) is 0.737. The summed E-state index contributed by atoms with van der Waals surface area (Å²) in [6.45, 7) is 6.08. The maximum atomic E-state index is 6.07. The molecule has 0 bridgehead atoms. The largest absolute Gasteiger partial charge is 0.383 e. The molecular formula is C14H14N4S.